The third-order valence-electron chi connectivity index (χ3n) is 4.97. The van der Waals surface area contributed by atoms with Crippen LogP contribution in [0.25, 0.3) is 6.08 Å². The molecule has 1 amide bonds. The van der Waals surface area contributed by atoms with Gasteiger partial charge in [0.05, 0.1) is 22.2 Å². The lowest BCUT2D eigenvalue weighted by Crippen LogP contribution is -2.19. The quantitative estimate of drug-likeness (QED) is 0.326. The number of amidine groups is 1. The number of halogens is 2. The predicted octanol–water partition coefficient (Wildman–Crippen LogP) is 7.20. The molecule has 3 aromatic carbocycles. The van der Waals surface area contributed by atoms with Gasteiger partial charge in [-0.3, -0.25) is 4.79 Å². The van der Waals surface area contributed by atoms with Gasteiger partial charge in [-0.15, -0.1) is 0 Å². The smallest absolute Gasteiger partial charge is 0.264 e. The summed E-state index contributed by atoms with van der Waals surface area (Å²) in [6.07, 6.45) is 1.80. The molecule has 0 spiro atoms. The van der Waals surface area contributed by atoms with Gasteiger partial charge < -0.3 is 14.8 Å². The number of thioether (sulfide) groups is 1. The predicted molar refractivity (Wildman–Crippen MR) is 143 cm³/mol. The molecule has 8 heteroatoms. The van der Waals surface area contributed by atoms with E-state index < -0.39 is 0 Å². The van der Waals surface area contributed by atoms with E-state index in [-0.39, 0.29) is 5.91 Å². The minimum atomic E-state index is -0.192. The van der Waals surface area contributed by atoms with Crippen molar-refractivity contribution in [2.75, 3.05) is 7.11 Å². The minimum Gasteiger partial charge on any atom is -0.493 e. The van der Waals surface area contributed by atoms with Crippen molar-refractivity contribution in [3.8, 4) is 11.5 Å². The van der Waals surface area contributed by atoms with E-state index in [1.54, 1.807) is 13.2 Å². The molecule has 1 N–H and O–H groups in total. The summed E-state index contributed by atoms with van der Waals surface area (Å²) in [6, 6.07) is 17.3. The van der Waals surface area contributed by atoms with Crippen molar-refractivity contribution in [1.29, 1.82) is 0 Å². The molecule has 4 rings (SSSR count). The summed E-state index contributed by atoms with van der Waals surface area (Å²) in [5, 5.41) is 4.02. The Balaban J connectivity index is 1.55. The van der Waals surface area contributed by atoms with Crippen LogP contribution in [-0.2, 0) is 11.4 Å². The van der Waals surface area contributed by atoms with Crippen LogP contribution in [0.15, 0.2) is 69.0 Å². The SMILES string of the molecule is COc1cc(/C=C2/SC(=Nc3cc(C)cc(C)c3)NC2=O)cc(Br)c1OCc1ccccc1Cl. The highest BCUT2D eigenvalue weighted by Crippen LogP contribution is 2.39. The first-order chi connectivity index (χ1) is 16.3. The van der Waals surface area contributed by atoms with Gasteiger partial charge in [0.15, 0.2) is 16.7 Å². The number of nitrogens with zero attached hydrogens (tertiary/aromatic N) is 1. The van der Waals surface area contributed by atoms with Crippen LogP contribution in [0.2, 0.25) is 5.02 Å². The van der Waals surface area contributed by atoms with Crippen LogP contribution in [0.5, 0.6) is 11.5 Å². The molecule has 0 aromatic heterocycles. The Morgan fingerprint density at radius 3 is 2.56 bits per heavy atom. The van der Waals surface area contributed by atoms with Gasteiger partial charge in [0.2, 0.25) is 0 Å². The van der Waals surface area contributed by atoms with Crippen molar-refractivity contribution in [3.63, 3.8) is 0 Å². The molecule has 0 radical (unpaired) electrons. The maximum Gasteiger partial charge on any atom is 0.264 e. The second kappa shape index (κ2) is 10.7. The Bertz CT molecular complexity index is 1300. The Morgan fingerprint density at radius 2 is 1.85 bits per heavy atom. The number of aryl methyl sites for hydroxylation is 2. The number of ether oxygens (including phenoxy) is 2. The van der Waals surface area contributed by atoms with E-state index in [9.17, 15) is 4.79 Å². The van der Waals surface area contributed by atoms with Gasteiger partial charge in [-0.2, -0.15) is 0 Å². The van der Waals surface area contributed by atoms with E-state index in [0.29, 0.717) is 37.7 Å². The van der Waals surface area contributed by atoms with Gasteiger partial charge in [0, 0.05) is 10.6 Å². The zero-order valence-electron chi connectivity index (χ0n) is 18.8. The highest BCUT2D eigenvalue weighted by Gasteiger charge is 2.24. The summed E-state index contributed by atoms with van der Waals surface area (Å²) in [4.78, 5) is 17.7. The Hall–Kier alpha value is -2.74. The fourth-order valence-electron chi connectivity index (χ4n) is 3.49. The number of hydrogen-bond acceptors (Lipinski definition) is 5. The summed E-state index contributed by atoms with van der Waals surface area (Å²) in [7, 11) is 1.58. The highest BCUT2D eigenvalue weighted by atomic mass is 79.9. The lowest BCUT2D eigenvalue weighted by atomic mass is 10.1. The molecule has 174 valence electrons. The molecule has 0 atom stereocenters. The summed E-state index contributed by atoms with van der Waals surface area (Å²) in [5.74, 6) is 0.910. The largest absolute Gasteiger partial charge is 0.493 e. The lowest BCUT2D eigenvalue weighted by Gasteiger charge is -2.14. The third-order valence-corrected chi connectivity index (χ3v) is 6.83. The van der Waals surface area contributed by atoms with E-state index in [1.807, 2.05) is 62.4 Å². The summed E-state index contributed by atoms with van der Waals surface area (Å²) >= 11 is 11.1. The molecule has 0 saturated carbocycles. The molecule has 5 nitrogen and oxygen atoms in total. The van der Waals surface area contributed by atoms with Crippen LogP contribution in [0.3, 0.4) is 0 Å². The van der Waals surface area contributed by atoms with Crippen molar-refractivity contribution in [1.82, 2.24) is 5.32 Å². The molecule has 3 aromatic rings. The first-order valence-electron chi connectivity index (χ1n) is 10.4. The molecule has 1 saturated heterocycles. The molecule has 1 aliphatic rings. The first kappa shape index (κ1) is 24.4. The van der Waals surface area contributed by atoms with E-state index in [4.69, 9.17) is 21.1 Å². The van der Waals surface area contributed by atoms with Crippen molar-refractivity contribution in [2.45, 2.75) is 20.5 Å². The zero-order valence-corrected chi connectivity index (χ0v) is 22.0. The number of amides is 1. The number of methoxy groups -OCH3 is 1. The average molecular weight is 558 g/mol. The maximum atomic E-state index is 12.5. The second-order valence-corrected chi connectivity index (χ2v) is 10.0. The zero-order chi connectivity index (χ0) is 24.2. The summed E-state index contributed by atoms with van der Waals surface area (Å²) in [6.45, 7) is 4.34. The minimum absolute atomic E-state index is 0.192. The lowest BCUT2D eigenvalue weighted by molar-refractivity contribution is -0.115. The van der Waals surface area contributed by atoms with Crippen LogP contribution in [-0.4, -0.2) is 18.2 Å². The molecular weight excluding hydrogens is 536 g/mol. The number of nitrogens with one attached hydrogen (secondary N) is 1. The van der Waals surface area contributed by atoms with Crippen molar-refractivity contribution < 1.29 is 14.3 Å². The second-order valence-electron chi connectivity index (χ2n) is 7.74. The van der Waals surface area contributed by atoms with Gasteiger partial charge in [-0.05, 0) is 94.6 Å². The standard InChI is InChI=1S/C26H22BrClN2O3S/c1-15-8-16(2)10-19(9-15)29-26-30-25(31)23(34-26)13-17-11-20(27)24(22(12-17)32-3)33-14-18-6-4-5-7-21(18)28/h4-13H,14H2,1-3H3,(H,29,30,31)/b23-13+. The van der Waals surface area contributed by atoms with E-state index >= 15 is 0 Å². The topological polar surface area (TPSA) is 59.9 Å². The van der Waals surface area contributed by atoms with Crippen LogP contribution in [0.4, 0.5) is 5.69 Å². The van der Waals surface area contributed by atoms with Crippen molar-refractivity contribution in [3.05, 3.63) is 91.3 Å². The maximum absolute atomic E-state index is 12.5. The molecule has 1 aliphatic heterocycles. The normalized spacial score (nSPS) is 15.6. The van der Waals surface area contributed by atoms with Crippen molar-refractivity contribution in [2.24, 2.45) is 4.99 Å². The first-order valence-corrected chi connectivity index (χ1v) is 12.4. The molecule has 1 heterocycles. The average Bonchev–Trinajstić information content (AvgIpc) is 3.11. The molecule has 1 fully saturated rings. The number of hydrogen-bond donors (Lipinski definition) is 1. The molecular formula is C26H22BrClN2O3S. The monoisotopic (exact) mass is 556 g/mol. The Kier molecular flexibility index (Phi) is 7.66. The van der Waals surface area contributed by atoms with E-state index in [1.165, 1.54) is 11.8 Å². The van der Waals surface area contributed by atoms with E-state index in [0.717, 1.165) is 27.9 Å². The number of aliphatic imine (C=N–C) groups is 1. The van der Waals surface area contributed by atoms with Crippen LogP contribution in [0, 0.1) is 13.8 Å². The Morgan fingerprint density at radius 1 is 1.12 bits per heavy atom. The molecule has 0 unspecified atom stereocenters. The van der Waals surface area contributed by atoms with Crippen molar-refractivity contribution >= 4 is 62.1 Å². The molecule has 34 heavy (non-hydrogen) atoms. The number of rotatable bonds is 6. The third kappa shape index (κ3) is 5.84. The van der Waals surface area contributed by atoms with Crippen LogP contribution < -0.4 is 14.8 Å². The van der Waals surface area contributed by atoms with E-state index in [2.05, 4.69) is 32.3 Å². The van der Waals surface area contributed by atoms with Gasteiger partial charge in [0.1, 0.15) is 6.61 Å². The van der Waals surface area contributed by atoms with Crippen LogP contribution >= 0.6 is 39.3 Å². The fourth-order valence-corrected chi connectivity index (χ4v) is 5.10. The molecule has 0 aliphatic carbocycles. The van der Waals surface area contributed by atoms with Gasteiger partial charge >= 0.3 is 0 Å². The number of carbonyl (C=O) groups excluding carboxylic acids is 1. The number of benzene rings is 3. The van der Waals surface area contributed by atoms with Gasteiger partial charge in [-0.25, -0.2) is 4.99 Å². The van der Waals surface area contributed by atoms with Gasteiger partial charge in [-0.1, -0.05) is 35.9 Å². The Labute approximate surface area is 216 Å². The summed E-state index contributed by atoms with van der Waals surface area (Å²) in [5.41, 5.74) is 4.72. The number of carbonyl (C=O) groups is 1. The summed E-state index contributed by atoms with van der Waals surface area (Å²) < 4.78 is 12.3. The highest BCUT2D eigenvalue weighted by molar-refractivity contribution is 9.10. The van der Waals surface area contributed by atoms with Crippen LogP contribution in [0.1, 0.15) is 22.3 Å². The fraction of sp³-hybridized carbons (Fsp3) is 0.154. The molecule has 0 bridgehead atoms. The van der Waals surface area contributed by atoms with Gasteiger partial charge in [0.25, 0.3) is 5.91 Å².